The van der Waals surface area contributed by atoms with Crippen molar-refractivity contribution in [2.75, 3.05) is 23.4 Å². The molecule has 7 nitrogen and oxygen atoms in total. The van der Waals surface area contributed by atoms with E-state index < -0.39 is 5.91 Å². The molecule has 140 valence electrons. The molecule has 1 aliphatic rings. The molecule has 3 amide bonds. The number of hydrogen-bond acceptors (Lipinski definition) is 4. The van der Waals surface area contributed by atoms with Crippen LogP contribution in [0.2, 0.25) is 0 Å². The van der Waals surface area contributed by atoms with Crippen LogP contribution in [0.5, 0.6) is 5.75 Å². The summed E-state index contributed by atoms with van der Waals surface area (Å²) in [7, 11) is 0. The summed E-state index contributed by atoms with van der Waals surface area (Å²) in [4.78, 5) is 36.9. The van der Waals surface area contributed by atoms with Crippen molar-refractivity contribution in [2.45, 2.75) is 19.3 Å². The van der Waals surface area contributed by atoms with Crippen molar-refractivity contribution in [3.05, 3.63) is 54.1 Å². The third-order valence-corrected chi connectivity index (χ3v) is 4.26. The number of nitrogens with two attached hydrogens (primary N) is 1. The Kier molecular flexibility index (Phi) is 5.71. The second-order valence-electron chi connectivity index (χ2n) is 6.21. The summed E-state index contributed by atoms with van der Waals surface area (Å²) < 4.78 is 5.52. The number of primary amides is 1. The Morgan fingerprint density at radius 2 is 1.85 bits per heavy atom. The molecule has 0 aromatic heterocycles. The third kappa shape index (κ3) is 4.63. The molecule has 3 N–H and O–H groups in total. The fraction of sp³-hybridized carbons (Fsp3) is 0.250. The monoisotopic (exact) mass is 367 g/mol. The molecule has 0 radical (unpaired) electrons. The van der Waals surface area contributed by atoms with Gasteiger partial charge in [0, 0.05) is 24.2 Å². The first-order chi connectivity index (χ1) is 13.0. The van der Waals surface area contributed by atoms with Gasteiger partial charge in [0.1, 0.15) is 5.75 Å². The molecule has 0 aliphatic carbocycles. The predicted octanol–water partition coefficient (Wildman–Crippen LogP) is 2.32. The zero-order chi connectivity index (χ0) is 19.2. The number of carbonyl (C=O) groups excluding carboxylic acids is 3. The van der Waals surface area contributed by atoms with E-state index in [9.17, 15) is 14.4 Å². The first-order valence-electron chi connectivity index (χ1n) is 8.76. The van der Waals surface area contributed by atoms with Gasteiger partial charge in [0.05, 0.1) is 18.7 Å². The first kappa shape index (κ1) is 18.4. The van der Waals surface area contributed by atoms with Crippen molar-refractivity contribution in [3.63, 3.8) is 0 Å². The molecule has 3 rings (SSSR count). The zero-order valence-corrected chi connectivity index (χ0v) is 14.8. The first-order valence-corrected chi connectivity index (χ1v) is 8.76. The minimum Gasteiger partial charge on any atom is -0.491 e. The van der Waals surface area contributed by atoms with Crippen molar-refractivity contribution < 1.29 is 19.1 Å². The van der Waals surface area contributed by atoms with Crippen LogP contribution in [0.15, 0.2) is 48.5 Å². The average Bonchev–Trinajstić information content (AvgIpc) is 3.09. The summed E-state index contributed by atoms with van der Waals surface area (Å²) in [5.74, 6) is -0.172. The average molecular weight is 367 g/mol. The fourth-order valence-electron chi connectivity index (χ4n) is 2.87. The van der Waals surface area contributed by atoms with Crippen molar-refractivity contribution in [1.29, 1.82) is 0 Å². The molecule has 1 aliphatic heterocycles. The molecule has 0 bridgehead atoms. The summed E-state index contributed by atoms with van der Waals surface area (Å²) >= 11 is 0. The number of amides is 3. The Balaban J connectivity index is 1.66. The van der Waals surface area contributed by atoms with Crippen LogP contribution >= 0.6 is 0 Å². The SMILES string of the molecule is NC(=O)CCOc1ccccc1NC(=O)c1ccc(N2CCCC2=O)cc1. The maximum atomic E-state index is 12.5. The second kappa shape index (κ2) is 8.35. The molecule has 1 heterocycles. The highest BCUT2D eigenvalue weighted by Gasteiger charge is 2.21. The number of rotatable bonds is 7. The maximum absolute atomic E-state index is 12.5. The van der Waals surface area contributed by atoms with Crippen LogP contribution in [0.4, 0.5) is 11.4 Å². The Labute approximate surface area is 157 Å². The van der Waals surface area contributed by atoms with E-state index in [0.717, 1.165) is 12.1 Å². The molecule has 0 spiro atoms. The summed E-state index contributed by atoms with van der Waals surface area (Å²) in [5.41, 5.74) is 6.87. The van der Waals surface area contributed by atoms with Crippen LogP contribution in [-0.4, -0.2) is 30.9 Å². The number of benzene rings is 2. The Morgan fingerprint density at radius 1 is 1.11 bits per heavy atom. The van der Waals surface area contributed by atoms with Crippen LogP contribution in [0, 0.1) is 0 Å². The number of nitrogens with zero attached hydrogens (tertiary/aromatic N) is 1. The van der Waals surface area contributed by atoms with Crippen molar-refractivity contribution >= 4 is 29.1 Å². The Bertz CT molecular complexity index is 849. The molecule has 7 heteroatoms. The van der Waals surface area contributed by atoms with Gasteiger partial charge in [0.2, 0.25) is 11.8 Å². The van der Waals surface area contributed by atoms with Gasteiger partial charge in [-0.3, -0.25) is 14.4 Å². The minimum absolute atomic E-state index is 0.0962. The molecule has 2 aromatic rings. The molecular weight excluding hydrogens is 346 g/mol. The standard InChI is InChI=1S/C20H21N3O4/c21-18(24)11-13-27-17-5-2-1-4-16(17)22-20(26)14-7-9-15(10-8-14)23-12-3-6-19(23)25/h1-2,4-5,7-10H,3,6,11-13H2,(H2,21,24)(H,22,26). The van der Waals surface area contributed by atoms with E-state index >= 15 is 0 Å². The van der Waals surface area contributed by atoms with E-state index in [-0.39, 0.29) is 24.8 Å². The van der Waals surface area contributed by atoms with E-state index in [0.29, 0.717) is 30.0 Å². The normalized spacial score (nSPS) is 13.5. The highest BCUT2D eigenvalue weighted by atomic mass is 16.5. The molecule has 1 saturated heterocycles. The van der Waals surface area contributed by atoms with Gasteiger partial charge in [-0.25, -0.2) is 0 Å². The molecule has 0 atom stereocenters. The molecule has 0 saturated carbocycles. The van der Waals surface area contributed by atoms with Gasteiger partial charge in [0.15, 0.2) is 0 Å². The van der Waals surface area contributed by atoms with Gasteiger partial charge in [0.25, 0.3) is 5.91 Å². The molecular formula is C20H21N3O4. The smallest absolute Gasteiger partial charge is 0.255 e. The number of para-hydroxylation sites is 2. The van der Waals surface area contributed by atoms with Gasteiger partial charge < -0.3 is 20.7 Å². The lowest BCUT2D eigenvalue weighted by Crippen LogP contribution is -2.23. The van der Waals surface area contributed by atoms with Crippen LogP contribution in [0.3, 0.4) is 0 Å². The minimum atomic E-state index is -0.451. The number of nitrogens with one attached hydrogen (secondary N) is 1. The van der Waals surface area contributed by atoms with E-state index in [4.69, 9.17) is 10.5 Å². The van der Waals surface area contributed by atoms with Gasteiger partial charge in [-0.2, -0.15) is 0 Å². The zero-order valence-electron chi connectivity index (χ0n) is 14.8. The van der Waals surface area contributed by atoms with Crippen LogP contribution in [-0.2, 0) is 9.59 Å². The van der Waals surface area contributed by atoms with Crippen molar-refractivity contribution in [2.24, 2.45) is 5.73 Å². The maximum Gasteiger partial charge on any atom is 0.255 e. The molecule has 1 fully saturated rings. The highest BCUT2D eigenvalue weighted by molar-refractivity contribution is 6.05. The van der Waals surface area contributed by atoms with Gasteiger partial charge in [-0.15, -0.1) is 0 Å². The summed E-state index contributed by atoms with van der Waals surface area (Å²) in [5, 5.41) is 2.80. The van der Waals surface area contributed by atoms with Gasteiger partial charge >= 0.3 is 0 Å². The number of anilines is 2. The number of hydrogen-bond donors (Lipinski definition) is 2. The third-order valence-electron chi connectivity index (χ3n) is 4.26. The van der Waals surface area contributed by atoms with E-state index in [1.807, 2.05) is 0 Å². The second-order valence-corrected chi connectivity index (χ2v) is 6.21. The number of ether oxygens (including phenoxy) is 1. The van der Waals surface area contributed by atoms with Crippen LogP contribution in [0.25, 0.3) is 0 Å². The highest BCUT2D eigenvalue weighted by Crippen LogP contribution is 2.25. The lowest BCUT2D eigenvalue weighted by atomic mass is 10.1. The topological polar surface area (TPSA) is 102 Å². The fourth-order valence-corrected chi connectivity index (χ4v) is 2.87. The van der Waals surface area contributed by atoms with Gasteiger partial charge in [-0.1, -0.05) is 12.1 Å². The quantitative estimate of drug-likeness (QED) is 0.784. The van der Waals surface area contributed by atoms with E-state index in [1.54, 1.807) is 53.4 Å². The largest absolute Gasteiger partial charge is 0.491 e. The Hall–Kier alpha value is -3.35. The van der Waals surface area contributed by atoms with E-state index in [1.165, 1.54) is 0 Å². The predicted molar refractivity (Wildman–Crippen MR) is 102 cm³/mol. The lowest BCUT2D eigenvalue weighted by Gasteiger charge is -2.16. The number of carbonyl (C=O) groups is 3. The summed E-state index contributed by atoms with van der Waals surface area (Å²) in [6.45, 7) is 0.848. The molecule has 0 unspecified atom stereocenters. The molecule has 2 aromatic carbocycles. The van der Waals surface area contributed by atoms with Crippen molar-refractivity contribution in [1.82, 2.24) is 0 Å². The Morgan fingerprint density at radius 3 is 2.52 bits per heavy atom. The summed E-state index contributed by atoms with van der Waals surface area (Å²) in [6.07, 6.45) is 1.52. The summed E-state index contributed by atoms with van der Waals surface area (Å²) in [6, 6.07) is 13.9. The van der Waals surface area contributed by atoms with E-state index in [2.05, 4.69) is 5.32 Å². The van der Waals surface area contributed by atoms with Crippen LogP contribution < -0.4 is 20.7 Å². The van der Waals surface area contributed by atoms with Crippen LogP contribution in [0.1, 0.15) is 29.6 Å². The van der Waals surface area contributed by atoms with Crippen molar-refractivity contribution in [3.8, 4) is 5.75 Å². The lowest BCUT2D eigenvalue weighted by molar-refractivity contribution is -0.118. The molecule has 27 heavy (non-hydrogen) atoms. The van der Waals surface area contributed by atoms with Gasteiger partial charge in [-0.05, 0) is 42.8 Å².